The van der Waals surface area contributed by atoms with Gasteiger partial charge in [-0.15, -0.1) is 0 Å². The third kappa shape index (κ3) is 3.89. The normalized spacial score (nSPS) is 15.5. The molecule has 0 saturated carbocycles. The van der Waals surface area contributed by atoms with Gasteiger partial charge < -0.3 is 14.7 Å². The number of carboxylic acid groups (broad SMARTS) is 1. The molecule has 1 N–H and O–H groups in total. The lowest BCUT2D eigenvalue weighted by molar-refractivity contribution is 0.0249. The molecule has 0 atom stereocenters. The maximum atomic E-state index is 11.4. The van der Waals surface area contributed by atoms with E-state index in [2.05, 4.69) is 9.97 Å². The van der Waals surface area contributed by atoms with Crippen molar-refractivity contribution in [2.75, 3.05) is 18.0 Å². The van der Waals surface area contributed by atoms with Gasteiger partial charge in [-0.1, -0.05) is 6.07 Å². The Bertz CT molecular complexity index is 698. The maximum absolute atomic E-state index is 11.4. The van der Waals surface area contributed by atoms with Crippen LogP contribution in [-0.2, 0) is 11.3 Å². The van der Waals surface area contributed by atoms with E-state index in [4.69, 9.17) is 4.74 Å². The second-order valence-electron chi connectivity index (χ2n) is 5.99. The number of aromatic carboxylic acids is 1. The summed E-state index contributed by atoms with van der Waals surface area (Å²) in [5.41, 5.74) is 2.15. The molecule has 2 aromatic heterocycles. The minimum Gasteiger partial charge on any atom is -0.478 e. The summed E-state index contributed by atoms with van der Waals surface area (Å²) in [4.78, 5) is 22.0. The van der Waals surface area contributed by atoms with E-state index in [9.17, 15) is 9.90 Å². The molecule has 0 aromatic carbocycles. The second-order valence-corrected chi connectivity index (χ2v) is 5.99. The Morgan fingerprint density at radius 1 is 1.33 bits per heavy atom. The quantitative estimate of drug-likeness (QED) is 0.910. The lowest BCUT2D eigenvalue weighted by Crippen LogP contribution is -2.38. The number of carboxylic acids is 1. The van der Waals surface area contributed by atoms with Crippen LogP contribution >= 0.6 is 0 Å². The van der Waals surface area contributed by atoms with Gasteiger partial charge in [0.2, 0.25) is 0 Å². The van der Waals surface area contributed by atoms with Crippen LogP contribution in [0, 0.1) is 6.92 Å². The summed E-state index contributed by atoms with van der Waals surface area (Å²) < 4.78 is 5.95. The van der Waals surface area contributed by atoms with Crippen LogP contribution in [-0.4, -0.2) is 40.2 Å². The molecule has 1 saturated heterocycles. The number of rotatable bonds is 5. The molecular formula is C18H21N3O3. The zero-order valence-electron chi connectivity index (χ0n) is 13.7. The fraction of sp³-hybridized carbons (Fsp3) is 0.389. The van der Waals surface area contributed by atoms with E-state index in [-0.39, 0.29) is 11.7 Å². The zero-order valence-corrected chi connectivity index (χ0v) is 13.7. The Hall–Kier alpha value is -2.47. The number of ether oxygens (including phenoxy) is 1. The molecule has 0 radical (unpaired) electrons. The SMILES string of the molecule is Cc1ccc(C(=O)O)c(N2CCC(OCc3cccnc3)CC2)n1. The minimum absolute atomic E-state index is 0.180. The maximum Gasteiger partial charge on any atom is 0.339 e. The van der Waals surface area contributed by atoms with Crippen molar-refractivity contribution in [2.45, 2.75) is 32.5 Å². The minimum atomic E-state index is -0.938. The van der Waals surface area contributed by atoms with Gasteiger partial charge in [-0.3, -0.25) is 4.98 Å². The highest BCUT2D eigenvalue weighted by Gasteiger charge is 2.24. The van der Waals surface area contributed by atoms with Crippen molar-refractivity contribution in [3.63, 3.8) is 0 Å². The van der Waals surface area contributed by atoms with Crippen LogP contribution in [0.1, 0.15) is 34.5 Å². The molecular weight excluding hydrogens is 306 g/mol. The van der Waals surface area contributed by atoms with E-state index in [1.165, 1.54) is 0 Å². The second kappa shape index (κ2) is 7.40. The summed E-state index contributed by atoms with van der Waals surface area (Å²) in [6.07, 6.45) is 5.45. The number of hydrogen-bond acceptors (Lipinski definition) is 5. The summed E-state index contributed by atoms with van der Waals surface area (Å²) in [5, 5.41) is 9.35. The molecule has 126 valence electrons. The summed E-state index contributed by atoms with van der Waals surface area (Å²) in [7, 11) is 0. The Balaban J connectivity index is 1.59. The molecule has 0 spiro atoms. The molecule has 1 aliphatic rings. The van der Waals surface area contributed by atoms with Crippen molar-refractivity contribution in [3.8, 4) is 0 Å². The summed E-state index contributed by atoms with van der Waals surface area (Å²) in [5.74, 6) is -0.374. The van der Waals surface area contributed by atoms with Gasteiger partial charge in [0.1, 0.15) is 11.4 Å². The van der Waals surface area contributed by atoms with Crippen molar-refractivity contribution < 1.29 is 14.6 Å². The lowest BCUT2D eigenvalue weighted by atomic mass is 10.1. The fourth-order valence-electron chi connectivity index (χ4n) is 2.88. The number of hydrogen-bond donors (Lipinski definition) is 1. The third-order valence-electron chi connectivity index (χ3n) is 4.19. The van der Waals surface area contributed by atoms with Crippen molar-refractivity contribution in [3.05, 3.63) is 53.5 Å². The van der Waals surface area contributed by atoms with Crippen LogP contribution in [0.25, 0.3) is 0 Å². The Labute approximate surface area is 141 Å². The van der Waals surface area contributed by atoms with Gasteiger partial charge in [-0.25, -0.2) is 9.78 Å². The van der Waals surface area contributed by atoms with Gasteiger partial charge >= 0.3 is 5.97 Å². The molecule has 0 unspecified atom stereocenters. The highest BCUT2D eigenvalue weighted by molar-refractivity contribution is 5.93. The molecule has 0 bridgehead atoms. The number of piperidine rings is 1. The van der Waals surface area contributed by atoms with Crippen molar-refractivity contribution in [2.24, 2.45) is 0 Å². The monoisotopic (exact) mass is 327 g/mol. The number of carbonyl (C=O) groups is 1. The predicted octanol–water partition coefficient (Wildman–Crippen LogP) is 2.67. The average Bonchev–Trinajstić information content (AvgIpc) is 2.61. The van der Waals surface area contributed by atoms with E-state index in [0.29, 0.717) is 12.4 Å². The van der Waals surface area contributed by atoms with E-state index in [1.807, 2.05) is 30.2 Å². The number of pyridine rings is 2. The summed E-state index contributed by atoms with van der Waals surface area (Å²) in [6.45, 7) is 3.92. The van der Waals surface area contributed by atoms with Gasteiger partial charge in [-0.2, -0.15) is 0 Å². The van der Waals surface area contributed by atoms with Gasteiger partial charge in [-0.05, 0) is 43.5 Å². The Morgan fingerprint density at radius 2 is 2.12 bits per heavy atom. The Kier molecular flexibility index (Phi) is 5.05. The van der Waals surface area contributed by atoms with Crippen molar-refractivity contribution >= 4 is 11.8 Å². The lowest BCUT2D eigenvalue weighted by Gasteiger charge is -2.33. The van der Waals surface area contributed by atoms with Gasteiger partial charge in [0, 0.05) is 31.2 Å². The first-order chi connectivity index (χ1) is 11.6. The summed E-state index contributed by atoms with van der Waals surface area (Å²) in [6, 6.07) is 7.26. The van der Waals surface area contributed by atoms with Crippen molar-refractivity contribution in [1.82, 2.24) is 9.97 Å². The zero-order chi connectivity index (χ0) is 16.9. The molecule has 1 aliphatic heterocycles. The number of anilines is 1. The average molecular weight is 327 g/mol. The van der Waals surface area contributed by atoms with Gasteiger partial charge in [0.25, 0.3) is 0 Å². The van der Waals surface area contributed by atoms with Crippen LogP contribution in [0.2, 0.25) is 0 Å². The first-order valence-corrected chi connectivity index (χ1v) is 8.10. The van der Waals surface area contributed by atoms with Crippen LogP contribution < -0.4 is 4.90 Å². The molecule has 1 fully saturated rings. The number of aryl methyl sites for hydroxylation is 1. The van der Waals surface area contributed by atoms with E-state index >= 15 is 0 Å². The smallest absolute Gasteiger partial charge is 0.339 e. The third-order valence-corrected chi connectivity index (χ3v) is 4.19. The molecule has 6 heteroatoms. The molecule has 6 nitrogen and oxygen atoms in total. The van der Waals surface area contributed by atoms with E-state index in [1.54, 1.807) is 18.3 Å². The molecule has 0 aliphatic carbocycles. The largest absolute Gasteiger partial charge is 0.478 e. The molecule has 24 heavy (non-hydrogen) atoms. The highest BCUT2D eigenvalue weighted by atomic mass is 16.5. The van der Waals surface area contributed by atoms with E-state index < -0.39 is 5.97 Å². The topological polar surface area (TPSA) is 75.5 Å². The molecule has 0 amide bonds. The first kappa shape index (κ1) is 16.4. The first-order valence-electron chi connectivity index (χ1n) is 8.10. The Morgan fingerprint density at radius 3 is 2.79 bits per heavy atom. The van der Waals surface area contributed by atoms with E-state index in [0.717, 1.165) is 37.2 Å². The molecule has 3 heterocycles. The van der Waals surface area contributed by atoms with Crippen LogP contribution in [0.15, 0.2) is 36.7 Å². The fourth-order valence-corrected chi connectivity index (χ4v) is 2.88. The van der Waals surface area contributed by atoms with Crippen LogP contribution in [0.4, 0.5) is 5.82 Å². The number of aromatic nitrogens is 2. The van der Waals surface area contributed by atoms with Gasteiger partial charge in [0.15, 0.2) is 0 Å². The summed E-state index contributed by atoms with van der Waals surface area (Å²) >= 11 is 0. The van der Waals surface area contributed by atoms with Gasteiger partial charge in [0.05, 0.1) is 12.7 Å². The standard InChI is InChI=1S/C18H21N3O3/c1-13-4-5-16(18(22)23)17(20-13)21-9-6-15(7-10-21)24-12-14-3-2-8-19-11-14/h2-5,8,11,15H,6-7,9-10,12H2,1H3,(H,22,23). The predicted molar refractivity (Wildman–Crippen MR) is 90.2 cm³/mol. The van der Waals surface area contributed by atoms with Crippen molar-refractivity contribution in [1.29, 1.82) is 0 Å². The molecule has 3 rings (SSSR count). The van der Waals surface area contributed by atoms with Crippen LogP contribution in [0.5, 0.6) is 0 Å². The highest BCUT2D eigenvalue weighted by Crippen LogP contribution is 2.24. The van der Waals surface area contributed by atoms with Crippen LogP contribution in [0.3, 0.4) is 0 Å². The number of nitrogens with zero attached hydrogens (tertiary/aromatic N) is 3. The molecule has 2 aromatic rings.